The molecule has 0 aliphatic carbocycles. The zero-order valence-corrected chi connectivity index (χ0v) is 12.7. The number of aromatic nitrogens is 1. The molecular weight excluding hydrogens is 287 g/mol. The van der Waals surface area contributed by atoms with Crippen molar-refractivity contribution in [1.82, 2.24) is 4.98 Å². The lowest BCUT2D eigenvalue weighted by molar-refractivity contribution is 0.593. The molecule has 1 aliphatic heterocycles. The van der Waals surface area contributed by atoms with Gasteiger partial charge < -0.3 is 4.90 Å². The van der Waals surface area contributed by atoms with E-state index in [9.17, 15) is 4.39 Å². The fraction of sp³-hybridized carbons (Fsp3) is 0.150. The Morgan fingerprint density at radius 3 is 2.48 bits per heavy atom. The van der Waals surface area contributed by atoms with E-state index in [2.05, 4.69) is 34.1 Å². The smallest absolute Gasteiger partial charge is 0.133 e. The van der Waals surface area contributed by atoms with Crippen molar-refractivity contribution in [2.75, 3.05) is 4.90 Å². The van der Waals surface area contributed by atoms with E-state index < -0.39 is 0 Å². The molecule has 2 aromatic carbocycles. The fourth-order valence-corrected chi connectivity index (χ4v) is 3.33. The highest BCUT2D eigenvalue weighted by Crippen LogP contribution is 2.42. The van der Waals surface area contributed by atoms with Crippen LogP contribution in [0.15, 0.2) is 72.9 Å². The maximum Gasteiger partial charge on any atom is 0.133 e. The van der Waals surface area contributed by atoms with Gasteiger partial charge in [-0.25, -0.2) is 9.37 Å². The average molecular weight is 304 g/mol. The highest BCUT2D eigenvalue weighted by molar-refractivity contribution is 5.67. The fourth-order valence-electron chi connectivity index (χ4n) is 3.33. The molecule has 2 heterocycles. The summed E-state index contributed by atoms with van der Waals surface area (Å²) in [5.41, 5.74) is 3.63. The van der Waals surface area contributed by atoms with Crippen molar-refractivity contribution in [3.63, 3.8) is 0 Å². The lowest BCUT2D eigenvalue weighted by Gasteiger charge is -2.38. The van der Waals surface area contributed by atoms with Gasteiger partial charge in [-0.3, -0.25) is 0 Å². The van der Waals surface area contributed by atoms with Crippen molar-refractivity contribution in [1.29, 1.82) is 0 Å². The first-order valence-corrected chi connectivity index (χ1v) is 7.86. The summed E-state index contributed by atoms with van der Waals surface area (Å²) in [6, 6.07) is 21.4. The van der Waals surface area contributed by atoms with Gasteiger partial charge in [-0.2, -0.15) is 0 Å². The van der Waals surface area contributed by atoms with Crippen molar-refractivity contribution >= 4 is 11.5 Å². The summed E-state index contributed by atoms with van der Waals surface area (Å²) in [6.45, 7) is 0. The maximum atomic E-state index is 13.3. The molecule has 0 radical (unpaired) electrons. The number of hydrogen-bond donors (Lipinski definition) is 0. The molecule has 114 valence electrons. The Balaban J connectivity index is 1.84. The molecule has 1 aliphatic rings. The number of rotatable bonds is 2. The molecular formula is C20H17FN2. The predicted octanol–water partition coefficient (Wildman–Crippen LogP) is 5.05. The first-order chi connectivity index (χ1) is 11.3. The highest BCUT2D eigenvalue weighted by Gasteiger charge is 2.29. The van der Waals surface area contributed by atoms with Gasteiger partial charge in [0.2, 0.25) is 0 Å². The van der Waals surface area contributed by atoms with Crippen LogP contribution >= 0.6 is 0 Å². The summed E-state index contributed by atoms with van der Waals surface area (Å²) < 4.78 is 13.3. The number of hydrogen-bond acceptors (Lipinski definition) is 2. The zero-order chi connectivity index (χ0) is 15.6. The van der Waals surface area contributed by atoms with Gasteiger partial charge in [0.1, 0.15) is 11.6 Å². The lowest BCUT2D eigenvalue weighted by Crippen LogP contribution is -2.29. The topological polar surface area (TPSA) is 16.1 Å². The van der Waals surface area contributed by atoms with Crippen molar-refractivity contribution in [2.45, 2.75) is 18.9 Å². The molecule has 0 saturated carbocycles. The van der Waals surface area contributed by atoms with E-state index in [1.54, 1.807) is 0 Å². The number of pyridine rings is 1. The number of nitrogens with zero attached hydrogens (tertiary/aromatic N) is 2. The third-order valence-electron chi connectivity index (χ3n) is 4.40. The van der Waals surface area contributed by atoms with E-state index in [1.807, 2.05) is 36.5 Å². The molecule has 4 rings (SSSR count). The number of fused-ring (bicyclic) bond motifs is 1. The summed E-state index contributed by atoms with van der Waals surface area (Å²) in [6.07, 6.45) is 3.81. The average Bonchev–Trinajstić information content (AvgIpc) is 2.62. The van der Waals surface area contributed by atoms with Gasteiger partial charge in [0.25, 0.3) is 0 Å². The monoisotopic (exact) mass is 304 g/mol. The van der Waals surface area contributed by atoms with E-state index in [1.165, 1.54) is 23.4 Å². The second-order valence-electron chi connectivity index (χ2n) is 5.79. The van der Waals surface area contributed by atoms with Gasteiger partial charge in [-0.15, -0.1) is 0 Å². The minimum atomic E-state index is -0.200. The van der Waals surface area contributed by atoms with Crippen molar-refractivity contribution in [3.05, 3.63) is 89.9 Å². The number of para-hydroxylation sites is 1. The molecule has 3 heteroatoms. The standard InChI is InChI=1S/C20H17FN2/c21-17-11-8-16(9-12-17)19-13-10-15-5-1-2-6-18(15)23(19)20-7-3-4-14-22-20/h1-9,11-12,14,19H,10,13H2. The van der Waals surface area contributed by atoms with Crippen LogP contribution in [0, 0.1) is 5.82 Å². The van der Waals surface area contributed by atoms with Crippen molar-refractivity contribution < 1.29 is 4.39 Å². The summed E-state index contributed by atoms with van der Waals surface area (Å²) in [5, 5.41) is 0. The van der Waals surface area contributed by atoms with Crippen LogP contribution in [0.1, 0.15) is 23.6 Å². The Kier molecular flexibility index (Phi) is 3.54. The minimum absolute atomic E-state index is 0.167. The van der Waals surface area contributed by atoms with Crippen LogP contribution < -0.4 is 4.90 Å². The van der Waals surface area contributed by atoms with E-state index in [0.717, 1.165) is 24.2 Å². The van der Waals surface area contributed by atoms with Crippen LogP contribution in [0.4, 0.5) is 15.9 Å². The molecule has 0 bridgehead atoms. The third kappa shape index (κ3) is 2.59. The van der Waals surface area contributed by atoms with Crippen LogP contribution in [0.25, 0.3) is 0 Å². The molecule has 1 unspecified atom stereocenters. The molecule has 0 N–H and O–H groups in total. The molecule has 23 heavy (non-hydrogen) atoms. The first-order valence-electron chi connectivity index (χ1n) is 7.86. The highest BCUT2D eigenvalue weighted by atomic mass is 19.1. The largest absolute Gasteiger partial charge is 0.319 e. The number of anilines is 2. The zero-order valence-electron chi connectivity index (χ0n) is 12.7. The molecule has 0 spiro atoms. The summed E-state index contributed by atoms with van der Waals surface area (Å²) in [7, 11) is 0. The quantitative estimate of drug-likeness (QED) is 0.659. The molecule has 0 saturated heterocycles. The van der Waals surface area contributed by atoms with Gasteiger partial charge >= 0.3 is 0 Å². The molecule has 1 atom stereocenters. The Morgan fingerprint density at radius 1 is 0.913 bits per heavy atom. The summed E-state index contributed by atoms with van der Waals surface area (Å²) in [4.78, 5) is 6.82. The summed E-state index contributed by atoms with van der Waals surface area (Å²) in [5.74, 6) is 0.725. The Hall–Kier alpha value is -2.68. The van der Waals surface area contributed by atoms with Crippen LogP contribution in [0.2, 0.25) is 0 Å². The molecule has 0 amide bonds. The van der Waals surface area contributed by atoms with Crippen molar-refractivity contribution in [2.24, 2.45) is 0 Å². The van der Waals surface area contributed by atoms with Gasteiger partial charge in [-0.05, 0) is 54.3 Å². The van der Waals surface area contributed by atoms with Crippen LogP contribution in [-0.4, -0.2) is 4.98 Å². The van der Waals surface area contributed by atoms with Gasteiger partial charge in [0, 0.05) is 11.9 Å². The molecule has 0 fully saturated rings. The van der Waals surface area contributed by atoms with E-state index in [0.29, 0.717) is 0 Å². The lowest BCUT2D eigenvalue weighted by atomic mass is 9.91. The van der Waals surface area contributed by atoms with E-state index in [-0.39, 0.29) is 11.9 Å². The van der Waals surface area contributed by atoms with Crippen LogP contribution in [-0.2, 0) is 6.42 Å². The van der Waals surface area contributed by atoms with Gasteiger partial charge in [-0.1, -0.05) is 36.4 Å². The van der Waals surface area contributed by atoms with Crippen LogP contribution in [0.3, 0.4) is 0 Å². The van der Waals surface area contributed by atoms with Crippen LogP contribution in [0.5, 0.6) is 0 Å². The molecule has 2 nitrogen and oxygen atoms in total. The maximum absolute atomic E-state index is 13.3. The predicted molar refractivity (Wildman–Crippen MR) is 90.3 cm³/mol. The SMILES string of the molecule is Fc1ccc(C2CCc3ccccc3N2c2ccccn2)cc1. The van der Waals surface area contributed by atoms with E-state index >= 15 is 0 Å². The Bertz CT molecular complexity index is 799. The van der Waals surface area contributed by atoms with E-state index in [4.69, 9.17) is 0 Å². The second-order valence-corrected chi connectivity index (χ2v) is 5.79. The molecule has 3 aromatic rings. The third-order valence-corrected chi connectivity index (χ3v) is 4.40. The molecule has 1 aromatic heterocycles. The van der Waals surface area contributed by atoms with Gasteiger partial charge in [0.15, 0.2) is 0 Å². The number of halogens is 1. The Labute approximate surface area is 135 Å². The van der Waals surface area contributed by atoms with Gasteiger partial charge in [0.05, 0.1) is 6.04 Å². The summed E-state index contributed by atoms with van der Waals surface area (Å²) >= 11 is 0. The normalized spacial score (nSPS) is 16.9. The Morgan fingerprint density at radius 2 is 1.70 bits per heavy atom. The van der Waals surface area contributed by atoms with Crippen molar-refractivity contribution in [3.8, 4) is 0 Å². The number of benzene rings is 2. The second kappa shape index (κ2) is 5.84. The minimum Gasteiger partial charge on any atom is -0.319 e. The number of aryl methyl sites for hydroxylation is 1. The first kappa shape index (κ1) is 13.9.